The molecule has 0 saturated carbocycles. The van der Waals surface area contributed by atoms with Crippen molar-refractivity contribution in [3.63, 3.8) is 0 Å². The van der Waals surface area contributed by atoms with Gasteiger partial charge in [-0.05, 0) is 43.7 Å². The van der Waals surface area contributed by atoms with E-state index in [0.717, 1.165) is 34.6 Å². The van der Waals surface area contributed by atoms with E-state index in [0.29, 0.717) is 13.0 Å². The van der Waals surface area contributed by atoms with Crippen molar-refractivity contribution in [1.82, 2.24) is 25.2 Å². The van der Waals surface area contributed by atoms with E-state index in [1.807, 2.05) is 53.9 Å². The molecular weight excluding hydrogens is 348 g/mol. The van der Waals surface area contributed by atoms with E-state index < -0.39 is 0 Å². The van der Waals surface area contributed by atoms with Crippen molar-refractivity contribution in [3.8, 4) is 0 Å². The van der Waals surface area contributed by atoms with Crippen LogP contribution in [0.4, 0.5) is 0 Å². The zero-order valence-corrected chi connectivity index (χ0v) is 15.7. The van der Waals surface area contributed by atoms with Crippen LogP contribution in [0.2, 0.25) is 5.02 Å². The van der Waals surface area contributed by atoms with E-state index in [1.54, 1.807) is 0 Å². The average molecular weight is 371 g/mol. The lowest BCUT2D eigenvalue weighted by atomic mass is 10.1. The molecule has 0 spiro atoms. The summed E-state index contributed by atoms with van der Waals surface area (Å²) in [4.78, 5) is 4.66. The zero-order chi connectivity index (χ0) is 18.4. The molecule has 1 aromatic carbocycles. The van der Waals surface area contributed by atoms with Gasteiger partial charge in [-0.2, -0.15) is 0 Å². The highest BCUT2D eigenvalue weighted by atomic mass is 35.5. The molecule has 0 radical (unpaired) electrons. The lowest BCUT2D eigenvalue weighted by Gasteiger charge is -2.18. The second-order valence-electron chi connectivity index (χ2n) is 5.98. The molecule has 2 heterocycles. The molecule has 1 unspecified atom stereocenters. The van der Waals surface area contributed by atoms with Gasteiger partial charge in [-0.25, -0.2) is 0 Å². The van der Waals surface area contributed by atoms with E-state index in [9.17, 15) is 0 Å². The molecule has 6 nitrogen and oxygen atoms in total. The topological polar surface area (TPSA) is 66.6 Å². The molecule has 3 rings (SSSR count). The second kappa shape index (κ2) is 8.67. The predicted octanol–water partition coefficient (Wildman–Crippen LogP) is 3.24. The molecule has 2 aromatic heterocycles. The first-order valence-corrected chi connectivity index (χ1v) is 9.14. The summed E-state index contributed by atoms with van der Waals surface area (Å²) in [7, 11) is 0. The molecule has 0 amide bonds. The minimum absolute atomic E-state index is 0.0976. The number of pyridine rings is 1. The van der Waals surface area contributed by atoms with E-state index in [1.165, 1.54) is 0 Å². The van der Waals surface area contributed by atoms with E-state index in [-0.39, 0.29) is 6.04 Å². The van der Waals surface area contributed by atoms with E-state index in [4.69, 9.17) is 11.6 Å². The van der Waals surface area contributed by atoms with Crippen LogP contribution in [0.1, 0.15) is 31.3 Å². The lowest BCUT2D eigenvalue weighted by molar-refractivity contribution is 0.685. The first kappa shape index (κ1) is 18.2. The molecule has 1 atom stereocenters. The number of fused-ring (bicyclic) bond motifs is 1. The highest BCUT2D eigenvalue weighted by molar-refractivity contribution is 6.30. The van der Waals surface area contributed by atoms with Gasteiger partial charge in [0.05, 0.1) is 6.04 Å². The Morgan fingerprint density at radius 3 is 2.92 bits per heavy atom. The third-order valence-electron chi connectivity index (χ3n) is 4.04. The van der Waals surface area contributed by atoms with Gasteiger partial charge in [0.1, 0.15) is 5.82 Å². The maximum Gasteiger partial charge on any atom is 0.191 e. The third kappa shape index (κ3) is 4.52. The van der Waals surface area contributed by atoms with Crippen molar-refractivity contribution in [1.29, 1.82) is 0 Å². The van der Waals surface area contributed by atoms with Crippen LogP contribution in [-0.2, 0) is 6.42 Å². The van der Waals surface area contributed by atoms with Gasteiger partial charge in [0.15, 0.2) is 11.6 Å². The molecule has 0 aliphatic rings. The molecule has 0 fully saturated rings. The standard InChI is InChI=1S/C19H23ClN6/c1-3-21-19(23-14(2)15-7-6-8-16(20)13-15)22-11-10-18-25-24-17-9-4-5-12-26(17)18/h4-9,12-14H,3,10-11H2,1-2H3,(H2,21,22,23). The quantitative estimate of drug-likeness (QED) is 0.516. The monoisotopic (exact) mass is 370 g/mol. The van der Waals surface area contributed by atoms with Crippen molar-refractivity contribution >= 4 is 23.2 Å². The van der Waals surface area contributed by atoms with Crippen LogP contribution in [0.5, 0.6) is 0 Å². The van der Waals surface area contributed by atoms with Gasteiger partial charge >= 0.3 is 0 Å². The number of aliphatic imine (C=N–C) groups is 1. The summed E-state index contributed by atoms with van der Waals surface area (Å²) < 4.78 is 1.99. The fourth-order valence-electron chi connectivity index (χ4n) is 2.71. The maximum absolute atomic E-state index is 6.09. The lowest BCUT2D eigenvalue weighted by Crippen LogP contribution is -2.38. The molecule has 0 aliphatic carbocycles. The van der Waals surface area contributed by atoms with Crippen LogP contribution in [0.25, 0.3) is 5.65 Å². The number of nitrogens with zero attached hydrogens (tertiary/aromatic N) is 4. The molecule has 2 N–H and O–H groups in total. The Morgan fingerprint density at radius 1 is 1.23 bits per heavy atom. The number of hydrogen-bond acceptors (Lipinski definition) is 3. The first-order valence-electron chi connectivity index (χ1n) is 8.76. The fourth-order valence-corrected chi connectivity index (χ4v) is 2.91. The Balaban J connectivity index is 1.65. The summed E-state index contributed by atoms with van der Waals surface area (Å²) in [5.41, 5.74) is 1.97. The van der Waals surface area contributed by atoms with E-state index >= 15 is 0 Å². The molecule has 7 heteroatoms. The van der Waals surface area contributed by atoms with Crippen LogP contribution in [0.15, 0.2) is 53.7 Å². The Morgan fingerprint density at radius 2 is 2.12 bits per heavy atom. The van der Waals surface area contributed by atoms with Gasteiger partial charge in [-0.1, -0.05) is 29.8 Å². The average Bonchev–Trinajstić information content (AvgIpc) is 3.05. The molecule has 3 aromatic rings. The largest absolute Gasteiger partial charge is 0.357 e. The van der Waals surface area contributed by atoms with Crippen molar-refractivity contribution in [2.45, 2.75) is 26.3 Å². The van der Waals surface area contributed by atoms with Gasteiger partial charge in [-0.3, -0.25) is 9.39 Å². The normalized spacial score (nSPS) is 13.0. The summed E-state index contributed by atoms with van der Waals surface area (Å²) in [5, 5.41) is 15.8. The summed E-state index contributed by atoms with van der Waals surface area (Å²) in [6, 6.07) is 13.8. The SMILES string of the molecule is CCNC(=NCCc1nnc2ccccn12)NC(C)c1cccc(Cl)c1. The Kier molecular flexibility index (Phi) is 6.07. The van der Waals surface area contributed by atoms with Crippen LogP contribution < -0.4 is 10.6 Å². The molecule has 136 valence electrons. The van der Waals surface area contributed by atoms with Crippen LogP contribution >= 0.6 is 11.6 Å². The molecule has 0 aliphatic heterocycles. The van der Waals surface area contributed by atoms with Crippen molar-refractivity contribution in [2.75, 3.05) is 13.1 Å². The minimum Gasteiger partial charge on any atom is -0.357 e. The zero-order valence-electron chi connectivity index (χ0n) is 15.0. The summed E-state index contributed by atoms with van der Waals surface area (Å²) >= 11 is 6.09. The minimum atomic E-state index is 0.0976. The number of hydrogen-bond donors (Lipinski definition) is 2. The highest BCUT2D eigenvalue weighted by Gasteiger charge is 2.09. The van der Waals surface area contributed by atoms with Gasteiger partial charge in [0, 0.05) is 30.7 Å². The molecule has 0 saturated heterocycles. The number of rotatable bonds is 6. The predicted molar refractivity (Wildman–Crippen MR) is 106 cm³/mol. The van der Waals surface area contributed by atoms with Crippen LogP contribution in [0.3, 0.4) is 0 Å². The van der Waals surface area contributed by atoms with Crippen LogP contribution in [-0.4, -0.2) is 33.6 Å². The number of benzene rings is 1. The Hall–Kier alpha value is -2.60. The number of guanidine groups is 1. The highest BCUT2D eigenvalue weighted by Crippen LogP contribution is 2.17. The third-order valence-corrected chi connectivity index (χ3v) is 4.27. The van der Waals surface area contributed by atoms with Gasteiger partial charge in [0.25, 0.3) is 0 Å². The van der Waals surface area contributed by atoms with E-state index in [2.05, 4.69) is 38.8 Å². The number of aromatic nitrogens is 3. The molecule has 0 bridgehead atoms. The summed E-state index contributed by atoms with van der Waals surface area (Å²) in [6.45, 7) is 5.55. The number of nitrogens with one attached hydrogen (secondary N) is 2. The van der Waals surface area contributed by atoms with Crippen molar-refractivity contribution in [3.05, 3.63) is 65.1 Å². The maximum atomic E-state index is 6.09. The molecule has 26 heavy (non-hydrogen) atoms. The number of halogens is 1. The molecular formula is C19H23ClN6. The van der Waals surface area contributed by atoms with Crippen LogP contribution in [0, 0.1) is 0 Å². The Bertz CT molecular complexity index is 888. The summed E-state index contributed by atoms with van der Waals surface area (Å²) in [6.07, 6.45) is 2.69. The fraction of sp³-hybridized carbons (Fsp3) is 0.316. The van der Waals surface area contributed by atoms with Crippen molar-refractivity contribution in [2.24, 2.45) is 4.99 Å². The van der Waals surface area contributed by atoms with Crippen molar-refractivity contribution < 1.29 is 0 Å². The van der Waals surface area contributed by atoms with Gasteiger partial charge in [0.2, 0.25) is 0 Å². The first-order chi connectivity index (χ1) is 12.7. The Labute approximate surface area is 158 Å². The summed E-state index contributed by atoms with van der Waals surface area (Å²) in [5.74, 6) is 1.68. The second-order valence-corrected chi connectivity index (χ2v) is 6.41. The van der Waals surface area contributed by atoms with Gasteiger partial charge in [-0.15, -0.1) is 10.2 Å². The smallest absolute Gasteiger partial charge is 0.191 e. The van der Waals surface area contributed by atoms with Gasteiger partial charge < -0.3 is 10.6 Å².